The van der Waals surface area contributed by atoms with E-state index in [0.29, 0.717) is 6.54 Å². The second-order valence-corrected chi connectivity index (χ2v) is 4.75. The van der Waals surface area contributed by atoms with Gasteiger partial charge in [-0.2, -0.15) is 8.78 Å². The number of amides is 1. The van der Waals surface area contributed by atoms with Crippen molar-refractivity contribution in [3.8, 4) is 5.75 Å². The van der Waals surface area contributed by atoms with Crippen molar-refractivity contribution in [2.75, 3.05) is 6.54 Å². The van der Waals surface area contributed by atoms with E-state index in [2.05, 4.69) is 15.4 Å². The van der Waals surface area contributed by atoms with Gasteiger partial charge in [0.2, 0.25) is 5.91 Å². The molecule has 4 nitrogen and oxygen atoms in total. The summed E-state index contributed by atoms with van der Waals surface area (Å²) in [6, 6.07) is 6.19. The molecule has 1 aromatic carbocycles. The lowest BCUT2D eigenvalue weighted by Crippen LogP contribution is -2.46. The molecule has 1 aliphatic heterocycles. The highest BCUT2D eigenvalue weighted by Gasteiger charge is 2.19. The molecule has 0 aliphatic carbocycles. The average Bonchev–Trinajstić information content (AvgIpc) is 2.45. The lowest BCUT2D eigenvalue weighted by Gasteiger charge is -2.22. The van der Waals surface area contributed by atoms with E-state index in [0.717, 1.165) is 31.4 Å². The van der Waals surface area contributed by atoms with E-state index in [4.69, 9.17) is 0 Å². The normalized spacial score (nSPS) is 18.0. The number of alkyl halides is 2. The van der Waals surface area contributed by atoms with Crippen LogP contribution >= 0.6 is 12.4 Å². The predicted octanol–water partition coefficient (Wildman–Crippen LogP) is 2.47. The summed E-state index contributed by atoms with van der Waals surface area (Å²) in [4.78, 5) is 11.9. The Labute approximate surface area is 128 Å². The zero-order valence-electron chi connectivity index (χ0n) is 11.5. The van der Waals surface area contributed by atoms with Crippen LogP contribution in [0, 0.1) is 0 Å². The molecular formula is C14H19ClF2N2O2. The molecule has 0 radical (unpaired) electrons. The topological polar surface area (TPSA) is 50.4 Å². The minimum Gasteiger partial charge on any atom is -0.435 e. The van der Waals surface area contributed by atoms with Gasteiger partial charge in [0.15, 0.2) is 0 Å². The Morgan fingerprint density at radius 1 is 1.43 bits per heavy atom. The van der Waals surface area contributed by atoms with Crippen LogP contribution < -0.4 is 15.4 Å². The molecule has 0 aromatic heterocycles. The van der Waals surface area contributed by atoms with Crippen molar-refractivity contribution < 1.29 is 18.3 Å². The van der Waals surface area contributed by atoms with Gasteiger partial charge in [0, 0.05) is 6.54 Å². The molecule has 21 heavy (non-hydrogen) atoms. The van der Waals surface area contributed by atoms with Gasteiger partial charge in [-0.3, -0.25) is 4.79 Å². The maximum Gasteiger partial charge on any atom is 0.387 e. The highest BCUT2D eigenvalue weighted by atomic mass is 35.5. The molecule has 2 rings (SSSR count). The van der Waals surface area contributed by atoms with Gasteiger partial charge in [0.25, 0.3) is 0 Å². The van der Waals surface area contributed by atoms with Crippen molar-refractivity contribution in [1.82, 2.24) is 10.6 Å². The molecule has 118 valence electrons. The lowest BCUT2D eigenvalue weighted by molar-refractivity contribution is -0.123. The lowest BCUT2D eigenvalue weighted by atomic mass is 10.0. The number of hydrogen-bond acceptors (Lipinski definition) is 3. The van der Waals surface area contributed by atoms with Crippen LogP contribution in [0.2, 0.25) is 0 Å². The number of benzene rings is 1. The van der Waals surface area contributed by atoms with Crippen LogP contribution in [0.25, 0.3) is 0 Å². The first-order valence-electron chi connectivity index (χ1n) is 6.70. The van der Waals surface area contributed by atoms with E-state index in [1.54, 1.807) is 12.1 Å². The molecule has 1 aromatic rings. The molecule has 1 atom stereocenters. The molecule has 1 fully saturated rings. The third kappa shape index (κ3) is 5.85. The molecule has 7 heteroatoms. The number of hydrogen-bond donors (Lipinski definition) is 2. The molecular weight excluding hydrogens is 302 g/mol. The van der Waals surface area contributed by atoms with Gasteiger partial charge in [-0.15, -0.1) is 12.4 Å². The summed E-state index contributed by atoms with van der Waals surface area (Å²) in [7, 11) is 0. The summed E-state index contributed by atoms with van der Waals surface area (Å²) < 4.78 is 28.5. The first kappa shape index (κ1) is 17.7. The Balaban J connectivity index is 0.00000220. The number of nitrogens with one attached hydrogen (secondary N) is 2. The SMILES string of the molecule is Cl.O=C(NCc1cccc(OC(F)F)c1)C1CCCCN1. The standard InChI is InChI=1S/C14H18F2N2O2.ClH/c15-14(16)20-11-5-3-4-10(8-11)9-18-13(19)12-6-1-2-7-17-12;/h3-5,8,12,14,17H,1-2,6-7,9H2,(H,18,19);1H. The summed E-state index contributed by atoms with van der Waals surface area (Å²) in [6.45, 7) is -1.68. The van der Waals surface area contributed by atoms with Crippen molar-refractivity contribution in [2.24, 2.45) is 0 Å². The monoisotopic (exact) mass is 320 g/mol. The van der Waals surface area contributed by atoms with Gasteiger partial charge in [-0.05, 0) is 37.1 Å². The van der Waals surface area contributed by atoms with E-state index >= 15 is 0 Å². The number of piperidine rings is 1. The third-order valence-corrected chi connectivity index (χ3v) is 3.22. The van der Waals surface area contributed by atoms with Gasteiger partial charge in [0.05, 0.1) is 6.04 Å². The van der Waals surface area contributed by atoms with Gasteiger partial charge < -0.3 is 15.4 Å². The average molecular weight is 321 g/mol. The highest BCUT2D eigenvalue weighted by molar-refractivity contribution is 5.85. The van der Waals surface area contributed by atoms with Gasteiger partial charge in [0.1, 0.15) is 5.75 Å². The van der Waals surface area contributed by atoms with E-state index in [9.17, 15) is 13.6 Å². The van der Waals surface area contributed by atoms with E-state index in [1.807, 2.05) is 0 Å². The van der Waals surface area contributed by atoms with E-state index in [1.165, 1.54) is 12.1 Å². The van der Waals surface area contributed by atoms with Crippen molar-refractivity contribution in [1.29, 1.82) is 0 Å². The van der Waals surface area contributed by atoms with Gasteiger partial charge in [-0.1, -0.05) is 18.6 Å². The summed E-state index contributed by atoms with van der Waals surface area (Å²) in [6.07, 6.45) is 2.97. The van der Waals surface area contributed by atoms with Crippen LogP contribution in [0.3, 0.4) is 0 Å². The molecule has 1 amide bonds. The smallest absolute Gasteiger partial charge is 0.387 e. The number of rotatable bonds is 5. The molecule has 1 heterocycles. The quantitative estimate of drug-likeness (QED) is 0.876. The van der Waals surface area contributed by atoms with Crippen LogP contribution in [0.1, 0.15) is 24.8 Å². The molecule has 2 N–H and O–H groups in total. The van der Waals surface area contributed by atoms with Crippen LogP contribution in [0.4, 0.5) is 8.78 Å². The summed E-state index contributed by atoms with van der Waals surface area (Å²) in [5.41, 5.74) is 0.729. The summed E-state index contributed by atoms with van der Waals surface area (Å²) >= 11 is 0. The molecule has 1 aliphatic rings. The fraction of sp³-hybridized carbons (Fsp3) is 0.500. The minimum absolute atomic E-state index is 0. The van der Waals surface area contributed by atoms with Crippen LogP contribution in [0.5, 0.6) is 5.75 Å². The predicted molar refractivity (Wildman–Crippen MR) is 77.8 cm³/mol. The Hall–Kier alpha value is -1.40. The number of ether oxygens (including phenoxy) is 1. The number of halogens is 3. The fourth-order valence-corrected chi connectivity index (χ4v) is 2.22. The molecule has 0 saturated carbocycles. The van der Waals surface area contributed by atoms with Crippen LogP contribution in [-0.2, 0) is 11.3 Å². The van der Waals surface area contributed by atoms with Crippen molar-refractivity contribution in [2.45, 2.75) is 38.5 Å². The maximum atomic E-state index is 12.1. The highest BCUT2D eigenvalue weighted by Crippen LogP contribution is 2.16. The second-order valence-electron chi connectivity index (χ2n) is 4.75. The summed E-state index contributed by atoms with van der Waals surface area (Å²) in [5.74, 6) is 0.0485. The van der Waals surface area contributed by atoms with Gasteiger partial charge >= 0.3 is 6.61 Å². The van der Waals surface area contributed by atoms with Crippen molar-refractivity contribution >= 4 is 18.3 Å². The van der Waals surface area contributed by atoms with E-state index < -0.39 is 6.61 Å². The zero-order chi connectivity index (χ0) is 14.4. The van der Waals surface area contributed by atoms with Crippen LogP contribution in [-0.4, -0.2) is 25.1 Å². The minimum atomic E-state index is -2.84. The molecule has 0 bridgehead atoms. The number of carbonyl (C=O) groups excluding carboxylic acids is 1. The Morgan fingerprint density at radius 3 is 2.90 bits per heavy atom. The van der Waals surface area contributed by atoms with Gasteiger partial charge in [-0.25, -0.2) is 0 Å². The first-order chi connectivity index (χ1) is 9.65. The third-order valence-electron chi connectivity index (χ3n) is 3.22. The van der Waals surface area contributed by atoms with Crippen molar-refractivity contribution in [3.63, 3.8) is 0 Å². The Bertz CT molecular complexity index is 454. The molecule has 1 saturated heterocycles. The fourth-order valence-electron chi connectivity index (χ4n) is 2.22. The summed E-state index contributed by atoms with van der Waals surface area (Å²) in [5, 5.41) is 5.96. The van der Waals surface area contributed by atoms with E-state index in [-0.39, 0.29) is 30.1 Å². The molecule has 0 spiro atoms. The second kappa shape index (κ2) is 8.79. The Morgan fingerprint density at radius 2 is 2.24 bits per heavy atom. The molecule has 1 unspecified atom stereocenters. The number of carbonyl (C=O) groups is 1. The Kier molecular flexibility index (Phi) is 7.39. The maximum absolute atomic E-state index is 12.1. The van der Waals surface area contributed by atoms with Crippen LogP contribution in [0.15, 0.2) is 24.3 Å². The van der Waals surface area contributed by atoms with Crippen molar-refractivity contribution in [3.05, 3.63) is 29.8 Å². The largest absolute Gasteiger partial charge is 0.435 e. The first-order valence-corrected chi connectivity index (χ1v) is 6.70. The zero-order valence-corrected chi connectivity index (χ0v) is 12.3.